The maximum atomic E-state index is 12.5. The second-order valence-electron chi connectivity index (χ2n) is 6.66. The quantitative estimate of drug-likeness (QED) is 0.450. The van der Waals surface area contributed by atoms with Crippen LogP contribution in [0.1, 0.15) is 17.0 Å². The van der Waals surface area contributed by atoms with Crippen molar-refractivity contribution in [1.29, 1.82) is 0 Å². The van der Waals surface area contributed by atoms with E-state index in [1.54, 1.807) is 12.1 Å². The molecule has 0 fully saturated rings. The van der Waals surface area contributed by atoms with E-state index in [0.29, 0.717) is 5.57 Å². The lowest BCUT2D eigenvalue weighted by molar-refractivity contribution is -0.136. The topological polar surface area (TPSA) is 58.6 Å². The van der Waals surface area contributed by atoms with Gasteiger partial charge in [-0.25, -0.2) is 4.79 Å². The third-order valence-electron chi connectivity index (χ3n) is 5.02. The Balaban J connectivity index is 1.82. The van der Waals surface area contributed by atoms with Gasteiger partial charge in [-0.05, 0) is 46.8 Å². The molecule has 3 aromatic rings. The molecule has 2 heterocycles. The van der Waals surface area contributed by atoms with Crippen molar-refractivity contribution in [2.75, 3.05) is 11.9 Å². The maximum absolute atomic E-state index is 12.5. The first-order valence-electron chi connectivity index (χ1n) is 8.40. The Morgan fingerprint density at radius 3 is 2.56 bits per heavy atom. The molecule has 3 aromatic carbocycles. The number of aromatic hydroxyl groups is 1. The second kappa shape index (κ2) is 6.11. The highest BCUT2D eigenvalue weighted by molar-refractivity contribution is 9.11. The Morgan fingerprint density at radius 1 is 1.04 bits per heavy atom. The molecular formula is C21H13Br2NO3. The number of carbonyl (C=O) groups is 1. The molecule has 0 radical (unpaired) electrons. The fourth-order valence-corrected chi connectivity index (χ4v) is 5.24. The Kier molecular flexibility index (Phi) is 3.81. The standard InChI is InChI=1S/C21H13Br2NO3/c22-12-5-11(6-13(23)7-12)18-15-4-2-10-1-3-14(25)8-16(10)20(15)24-17-9-27-21(26)19(17)18/h1-8,18,24-25H,9H2. The number of hydrogen-bond donors (Lipinski definition) is 2. The van der Waals surface area contributed by atoms with Crippen molar-refractivity contribution in [2.24, 2.45) is 0 Å². The number of cyclic esters (lactones) is 1. The second-order valence-corrected chi connectivity index (χ2v) is 8.50. The maximum Gasteiger partial charge on any atom is 0.337 e. The van der Waals surface area contributed by atoms with Crippen LogP contribution in [-0.2, 0) is 9.53 Å². The van der Waals surface area contributed by atoms with Gasteiger partial charge in [0.15, 0.2) is 0 Å². The predicted octanol–water partition coefficient (Wildman–Crippen LogP) is 5.44. The van der Waals surface area contributed by atoms with E-state index in [4.69, 9.17) is 4.74 Å². The zero-order valence-corrected chi connectivity index (χ0v) is 17.1. The molecule has 2 aliphatic rings. The van der Waals surface area contributed by atoms with Gasteiger partial charge in [-0.3, -0.25) is 0 Å². The van der Waals surface area contributed by atoms with Crippen LogP contribution in [-0.4, -0.2) is 17.7 Å². The highest BCUT2D eigenvalue weighted by Crippen LogP contribution is 2.47. The molecule has 2 aliphatic heterocycles. The van der Waals surface area contributed by atoms with Crippen molar-refractivity contribution in [3.05, 3.63) is 79.9 Å². The molecule has 6 heteroatoms. The molecule has 1 unspecified atom stereocenters. The zero-order valence-electron chi connectivity index (χ0n) is 13.9. The van der Waals surface area contributed by atoms with Crippen LogP contribution in [0.25, 0.3) is 10.8 Å². The molecule has 0 bridgehead atoms. The molecule has 5 rings (SSSR count). The number of ether oxygens (including phenoxy) is 1. The summed E-state index contributed by atoms with van der Waals surface area (Å²) < 4.78 is 7.19. The van der Waals surface area contributed by atoms with Crippen molar-refractivity contribution in [2.45, 2.75) is 5.92 Å². The minimum atomic E-state index is -0.291. The van der Waals surface area contributed by atoms with Gasteiger partial charge in [0.2, 0.25) is 0 Å². The number of hydrogen-bond acceptors (Lipinski definition) is 4. The Hall–Kier alpha value is -2.31. The normalized spacial score (nSPS) is 18.1. The first-order valence-corrected chi connectivity index (χ1v) is 9.98. The number of halogens is 2. The molecule has 4 nitrogen and oxygen atoms in total. The molecular weight excluding hydrogens is 474 g/mol. The van der Waals surface area contributed by atoms with Gasteiger partial charge >= 0.3 is 5.97 Å². The number of rotatable bonds is 1. The summed E-state index contributed by atoms with van der Waals surface area (Å²) in [6.07, 6.45) is 0. The van der Waals surface area contributed by atoms with Crippen molar-refractivity contribution in [3.8, 4) is 5.75 Å². The number of nitrogens with one attached hydrogen (secondary N) is 1. The van der Waals surface area contributed by atoms with Crippen LogP contribution in [0.3, 0.4) is 0 Å². The van der Waals surface area contributed by atoms with E-state index in [1.165, 1.54) is 0 Å². The van der Waals surface area contributed by atoms with Crippen molar-refractivity contribution in [3.63, 3.8) is 0 Å². The Morgan fingerprint density at radius 2 is 1.78 bits per heavy atom. The van der Waals surface area contributed by atoms with Crippen LogP contribution >= 0.6 is 31.9 Å². The van der Waals surface area contributed by atoms with Gasteiger partial charge in [0.25, 0.3) is 0 Å². The van der Waals surface area contributed by atoms with E-state index in [0.717, 1.165) is 42.2 Å². The molecule has 134 valence electrons. The van der Waals surface area contributed by atoms with Crippen molar-refractivity contribution < 1.29 is 14.6 Å². The predicted molar refractivity (Wildman–Crippen MR) is 111 cm³/mol. The van der Waals surface area contributed by atoms with E-state index in [9.17, 15) is 9.90 Å². The largest absolute Gasteiger partial charge is 0.508 e. The molecule has 27 heavy (non-hydrogen) atoms. The van der Waals surface area contributed by atoms with Gasteiger partial charge in [-0.1, -0.05) is 50.1 Å². The van der Waals surface area contributed by atoms with E-state index in [1.807, 2.05) is 36.4 Å². The number of phenols is 1. The van der Waals surface area contributed by atoms with Crippen LogP contribution in [0.5, 0.6) is 5.75 Å². The van der Waals surface area contributed by atoms with Gasteiger partial charge in [0.05, 0.1) is 17.0 Å². The van der Waals surface area contributed by atoms with Crippen LogP contribution in [0.4, 0.5) is 5.69 Å². The molecule has 1 atom stereocenters. The van der Waals surface area contributed by atoms with Crippen LogP contribution < -0.4 is 5.32 Å². The minimum absolute atomic E-state index is 0.206. The number of esters is 1. The summed E-state index contributed by atoms with van der Waals surface area (Å²) in [5, 5.41) is 15.3. The van der Waals surface area contributed by atoms with Gasteiger partial charge in [0.1, 0.15) is 12.4 Å². The third-order valence-corrected chi connectivity index (χ3v) is 5.94. The summed E-state index contributed by atoms with van der Waals surface area (Å²) in [4.78, 5) is 12.5. The first-order chi connectivity index (χ1) is 13.0. The molecule has 0 amide bonds. The molecule has 2 N–H and O–H groups in total. The fourth-order valence-electron chi connectivity index (χ4n) is 3.91. The number of carbonyl (C=O) groups excluding carboxylic acids is 1. The number of benzene rings is 3. The lowest BCUT2D eigenvalue weighted by atomic mass is 9.80. The summed E-state index contributed by atoms with van der Waals surface area (Å²) in [6.45, 7) is 0.231. The molecule has 0 saturated carbocycles. The number of phenolic OH excluding ortho intramolecular Hbond substituents is 1. The average Bonchev–Trinajstić information content (AvgIpc) is 2.99. The SMILES string of the molecule is O=C1OCC2=C1C(c1cc(Br)cc(Br)c1)c1ccc3ccc(O)cc3c1N2. The van der Waals surface area contributed by atoms with E-state index >= 15 is 0 Å². The summed E-state index contributed by atoms with van der Waals surface area (Å²) in [7, 11) is 0. The number of fused-ring (bicyclic) bond motifs is 3. The Labute approximate surface area is 172 Å². The highest BCUT2D eigenvalue weighted by Gasteiger charge is 2.39. The lowest BCUT2D eigenvalue weighted by Crippen LogP contribution is -2.20. The van der Waals surface area contributed by atoms with Gasteiger partial charge in [-0.15, -0.1) is 0 Å². The molecule has 0 spiro atoms. The monoisotopic (exact) mass is 485 g/mol. The lowest BCUT2D eigenvalue weighted by Gasteiger charge is -2.28. The van der Waals surface area contributed by atoms with E-state index in [2.05, 4.69) is 37.2 Å². The van der Waals surface area contributed by atoms with Crippen LogP contribution in [0, 0.1) is 0 Å². The number of anilines is 1. The van der Waals surface area contributed by atoms with Crippen LogP contribution in [0.2, 0.25) is 0 Å². The summed E-state index contributed by atoms with van der Waals surface area (Å²) >= 11 is 7.09. The molecule has 0 saturated heterocycles. The van der Waals surface area contributed by atoms with E-state index < -0.39 is 0 Å². The highest BCUT2D eigenvalue weighted by atomic mass is 79.9. The Bertz CT molecular complexity index is 1150. The van der Waals surface area contributed by atoms with Gasteiger partial charge in [0, 0.05) is 20.2 Å². The minimum Gasteiger partial charge on any atom is -0.508 e. The van der Waals surface area contributed by atoms with Gasteiger partial charge < -0.3 is 15.2 Å². The van der Waals surface area contributed by atoms with E-state index in [-0.39, 0.29) is 24.2 Å². The fraction of sp³-hybridized carbons (Fsp3) is 0.0952. The summed E-state index contributed by atoms with van der Waals surface area (Å²) in [6, 6.07) is 15.4. The smallest absolute Gasteiger partial charge is 0.337 e. The third kappa shape index (κ3) is 2.66. The van der Waals surface area contributed by atoms with Crippen molar-refractivity contribution >= 4 is 54.3 Å². The summed E-state index contributed by atoms with van der Waals surface area (Å²) in [5.41, 5.74) is 4.30. The first kappa shape index (κ1) is 16.8. The van der Waals surface area contributed by atoms with Crippen LogP contribution in [0.15, 0.2) is 68.7 Å². The average molecular weight is 487 g/mol. The molecule has 0 aromatic heterocycles. The van der Waals surface area contributed by atoms with Gasteiger partial charge in [-0.2, -0.15) is 0 Å². The summed E-state index contributed by atoms with van der Waals surface area (Å²) in [5.74, 6) is -0.329. The zero-order chi connectivity index (χ0) is 18.7. The van der Waals surface area contributed by atoms with Crippen molar-refractivity contribution in [1.82, 2.24) is 0 Å². The molecule has 0 aliphatic carbocycles.